The highest BCUT2D eigenvalue weighted by Gasteiger charge is 2.25. The summed E-state index contributed by atoms with van der Waals surface area (Å²) in [5.41, 5.74) is 6.16. The zero-order chi connectivity index (χ0) is 19.2. The molecule has 0 amide bonds. The number of hydrogen-bond donors (Lipinski definition) is 0. The van der Waals surface area contributed by atoms with E-state index in [4.69, 9.17) is 4.52 Å². The maximum Gasteiger partial charge on any atom is 0.266 e. The van der Waals surface area contributed by atoms with Crippen LogP contribution in [-0.4, -0.2) is 0 Å². The Hall–Kier alpha value is -1.53. The van der Waals surface area contributed by atoms with E-state index in [1.54, 1.807) is 0 Å². The molecule has 0 N–H and O–H groups in total. The van der Waals surface area contributed by atoms with Crippen molar-refractivity contribution in [3.05, 3.63) is 47.0 Å². The largest absolute Gasteiger partial charge is 0.441 e. The molecule has 27 heavy (non-hydrogen) atoms. The van der Waals surface area contributed by atoms with Gasteiger partial charge in [0.2, 0.25) is 0 Å². The monoisotopic (exact) mass is 384 g/mol. The van der Waals surface area contributed by atoms with Gasteiger partial charge in [-0.05, 0) is 72.9 Å². The second-order valence-corrected chi connectivity index (χ2v) is 9.03. The minimum atomic E-state index is -2.23. The van der Waals surface area contributed by atoms with E-state index >= 15 is 0 Å². The lowest BCUT2D eigenvalue weighted by Crippen LogP contribution is -2.13. The first-order valence-electron chi connectivity index (χ1n) is 10.7. The van der Waals surface area contributed by atoms with Gasteiger partial charge in [-0.3, -0.25) is 4.57 Å². The molecule has 1 heterocycles. The maximum absolute atomic E-state index is 12.9. The first-order valence-corrected chi connectivity index (χ1v) is 12.0. The van der Waals surface area contributed by atoms with E-state index in [0.717, 1.165) is 54.3 Å². The van der Waals surface area contributed by atoms with Crippen LogP contribution in [0.3, 0.4) is 0 Å². The first kappa shape index (κ1) is 20.2. The Kier molecular flexibility index (Phi) is 7.19. The van der Waals surface area contributed by atoms with Crippen LogP contribution in [0.2, 0.25) is 0 Å². The van der Waals surface area contributed by atoms with Crippen LogP contribution < -0.4 is 9.83 Å². The second-order valence-electron chi connectivity index (χ2n) is 7.71. The fourth-order valence-corrected chi connectivity index (χ4v) is 5.11. The molecule has 2 aromatic carbocycles. The van der Waals surface area contributed by atoms with Crippen molar-refractivity contribution in [2.45, 2.75) is 78.6 Å². The lowest BCUT2D eigenvalue weighted by atomic mass is 9.93. The fourth-order valence-electron chi connectivity index (χ4n) is 3.83. The highest BCUT2D eigenvalue weighted by atomic mass is 31.1. The van der Waals surface area contributed by atoms with Gasteiger partial charge >= 0.3 is 0 Å². The predicted molar refractivity (Wildman–Crippen MR) is 117 cm³/mol. The third-order valence-corrected chi connectivity index (χ3v) is 6.70. The van der Waals surface area contributed by atoms with E-state index < -0.39 is 8.03 Å². The van der Waals surface area contributed by atoms with Gasteiger partial charge in [0.15, 0.2) is 0 Å². The Morgan fingerprint density at radius 1 is 0.778 bits per heavy atom. The summed E-state index contributed by atoms with van der Waals surface area (Å²) in [4.78, 5) is 0. The van der Waals surface area contributed by atoms with Crippen LogP contribution in [0.25, 0.3) is 11.1 Å². The van der Waals surface area contributed by atoms with Gasteiger partial charge in [-0.1, -0.05) is 58.2 Å². The topological polar surface area (TPSA) is 26.3 Å². The molecule has 1 aliphatic rings. The van der Waals surface area contributed by atoms with E-state index in [-0.39, 0.29) is 0 Å². The Balaban J connectivity index is 2.05. The van der Waals surface area contributed by atoms with E-state index in [1.165, 1.54) is 42.4 Å². The minimum absolute atomic E-state index is 0.876. The van der Waals surface area contributed by atoms with Crippen LogP contribution in [-0.2, 0) is 23.8 Å². The highest BCUT2D eigenvalue weighted by molar-refractivity contribution is 7.49. The normalized spacial score (nSPS) is 15.1. The Bertz CT molecular complexity index is 810. The minimum Gasteiger partial charge on any atom is -0.441 e. The summed E-state index contributed by atoms with van der Waals surface area (Å²) in [6.45, 7) is 6.65. The number of rotatable bonds is 9. The molecular weight excluding hydrogens is 351 g/mol. The maximum atomic E-state index is 12.9. The van der Waals surface area contributed by atoms with Gasteiger partial charge < -0.3 is 4.52 Å². The molecule has 2 aromatic rings. The molecule has 0 spiro atoms. The van der Waals surface area contributed by atoms with Crippen LogP contribution in [0.15, 0.2) is 30.3 Å². The summed E-state index contributed by atoms with van der Waals surface area (Å²) < 4.78 is 19.0. The summed E-state index contributed by atoms with van der Waals surface area (Å²) in [6, 6.07) is 11.1. The molecule has 0 radical (unpaired) electrons. The van der Waals surface area contributed by atoms with Crippen LogP contribution >= 0.6 is 8.03 Å². The zero-order valence-corrected chi connectivity index (χ0v) is 18.1. The Labute approximate surface area is 165 Å². The van der Waals surface area contributed by atoms with Gasteiger partial charge in [-0.25, -0.2) is 0 Å². The van der Waals surface area contributed by atoms with Gasteiger partial charge in [0, 0.05) is 5.56 Å². The molecule has 0 fully saturated rings. The molecule has 0 bridgehead atoms. The first-order chi connectivity index (χ1) is 13.2. The van der Waals surface area contributed by atoms with Gasteiger partial charge in [0.1, 0.15) is 5.75 Å². The van der Waals surface area contributed by atoms with Crippen LogP contribution in [0.5, 0.6) is 5.75 Å². The Morgan fingerprint density at radius 3 is 2.15 bits per heavy atom. The van der Waals surface area contributed by atoms with E-state index in [2.05, 4.69) is 51.1 Å². The number of benzene rings is 2. The number of fused-ring (bicyclic) bond motifs is 3. The quantitative estimate of drug-likeness (QED) is 0.441. The van der Waals surface area contributed by atoms with Crippen LogP contribution in [0.4, 0.5) is 0 Å². The summed E-state index contributed by atoms with van der Waals surface area (Å²) in [5, 5.41) is 0.912. The molecule has 3 heteroatoms. The molecule has 0 saturated carbocycles. The van der Waals surface area contributed by atoms with E-state index in [1.807, 2.05) is 0 Å². The van der Waals surface area contributed by atoms with Gasteiger partial charge in [-0.2, -0.15) is 0 Å². The molecule has 1 aliphatic heterocycles. The molecule has 0 aliphatic carbocycles. The van der Waals surface area contributed by atoms with Crippen molar-refractivity contribution < 1.29 is 9.09 Å². The standard InChI is InChI=1S/C24H33O2P/c1-4-7-10-18-13-14-21-22-16-19(11-8-5-2)15-20(12-9-6-3)24(22)26-27(25)23(21)17-18/h13-17,27H,4-12H2,1-3H3. The molecule has 0 saturated heterocycles. The number of hydrogen-bond acceptors (Lipinski definition) is 2. The average molecular weight is 385 g/mol. The third kappa shape index (κ3) is 4.66. The van der Waals surface area contributed by atoms with E-state index in [0.29, 0.717) is 0 Å². The molecule has 1 atom stereocenters. The summed E-state index contributed by atoms with van der Waals surface area (Å²) >= 11 is 0. The highest BCUT2D eigenvalue weighted by Crippen LogP contribution is 2.46. The third-order valence-electron chi connectivity index (χ3n) is 5.45. The molecule has 0 aromatic heterocycles. The van der Waals surface area contributed by atoms with Gasteiger partial charge in [0.05, 0.1) is 5.30 Å². The molecular formula is C24H33O2P. The zero-order valence-electron chi connectivity index (χ0n) is 17.1. The van der Waals surface area contributed by atoms with Crippen molar-refractivity contribution in [3.63, 3.8) is 0 Å². The molecule has 1 unspecified atom stereocenters. The SMILES string of the molecule is CCCCc1cc(CCCC)c2c(c1)-c1ccc(CCCC)cc1[PH](=O)O2. The van der Waals surface area contributed by atoms with Gasteiger partial charge in [0.25, 0.3) is 8.03 Å². The van der Waals surface area contributed by atoms with Crippen LogP contribution in [0.1, 0.15) is 76.0 Å². The number of unbranched alkanes of at least 4 members (excludes halogenated alkanes) is 3. The summed E-state index contributed by atoms with van der Waals surface area (Å²) in [5.74, 6) is 0.876. The van der Waals surface area contributed by atoms with Gasteiger partial charge in [-0.15, -0.1) is 0 Å². The van der Waals surface area contributed by atoms with Crippen molar-refractivity contribution in [3.8, 4) is 16.9 Å². The van der Waals surface area contributed by atoms with Crippen LogP contribution in [0, 0.1) is 0 Å². The molecule has 3 rings (SSSR count). The number of aryl methyl sites for hydroxylation is 3. The van der Waals surface area contributed by atoms with Crippen molar-refractivity contribution in [2.75, 3.05) is 0 Å². The Morgan fingerprint density at radius 2 is 1.44 bits per heavy atom. The lowest BCUT2D eigenvalue weighted by Gasteiger charge is -2.24. The van der Waals surface area contributed by atoms with Crippen molar-refractivity contribution >= 4 is 13.3 Å². The van der Waals surface area contributed by atoms with E-state index in [9.17, 15) is 4.57 Å². The molecule has 2 nitrogen and oxygen atoms in total. The van der Waals surface area contributed by atoms with Crippen molar-refractivity contribution in [1.29, 1.82) is 0 Å². The lowest BCUT2D eigenvalue weighted by molar-refractivity contribution is 0.509. The second kappa shape index (κ2) is 9.60. The fraction of sp³-hybridized carbons (Fsp3) is 0.500. The predicted octanol–water partition coefficient (Wildman–Crippen LogP) is 6.87. The summed E-state index contributed by atoms with van der Waals surface area (Å²) in [7, 11) is -2.23. The smallest absolute Gasteiger partial charge is 0.266 e. The average Bonchev–Trinajstić information content (AvgIpc) is 2.69. The van der Waals surface area contributed by atoms with Crippen molar-refractivity contribution in [2.24, 2.45) is 0 Å². The van der Waals surface area contributed by atoms with Crippen molar-refractivity contribution in [1.82, 2.24) is 0 Å². The summed E-state index contributed by atoms with van der Waals surface area (Å²) in [6.07, 6.45) is 10.2. The molecule has 146 valence electrons.